The first-order valence-corrected chi connectivity index (χ1v) is 6.17. The first kappa shape index (κ1) is 12.9. The molecule has 0 radical (unpaired) electrons. The molecule has 2 aromatic rings. The van der Waals surface area contributed by atoms with Crippen LogP contribution in [-0.4, -0.2) is 21.7 Å². The van der Waals surface area contributed by atoms with Gasteiger partial charge in [0.1, 0.15) is 6.04 Å². The van der Waals surface area contributed by atoms with Crippen LogP contribution in [0.15, 0.2) is 24.4 Å². The van der Waals surface area contributed by atoms with Gasteiger partial charge in [-0.15, -0.1) is 0 Å². The first-order chi connectivity index (χ1) is 8.54. The summed E-state index contributed by atoms with van der Waals surface area (Å²) in [7, 11) is 0. The number of aromatic nitrogens is 1. The van der Waals surface area contributed by atoms with Crippen LogP contribution in [0.2, 0.25) is 5.02 Å². The van der Waals surface area contributed by atoms with E-state index in [1.807, 2.05) is 35.9 Å². The third kappa shape index (κ3) is 2.21. The molecule has 0 unspecified atom stereocenters. The number of rotatable bonds is 4. The standard InChI is InChI=1S/C13H15ClN2O2/c1-2-16-7-8(6-11(15)13(17)18)9-4-3-5-10(14)12(9)16/h3-5,7,11H,2,6,15H2,1H3,(H,17,18)/t11-/m0/s1. The fourth-order valence-corrected chi connectivity index (χ4v) is 2.41. The molecule has 0 aliphatic rings. The maximum Gasteiger partial charge on any atom is 0.320 e. The molecule has 4 nitrogen and oxygen atoms in total. The molecular weight excluding hydrogens is 252 g/mol. The minimum Gasteiger partial charge on any atom is -0.480 e. The third-order valence-electron chi connectivity index (χ3n) is 3.03. The van der Waals surface area contributed by atoms with E-state index >= 15 is 0 Å². The van der Waals surface area contributed by atoms with Crippen LogP contribution in [0, 0.1) is 0 Å². The maximum atomic E-state index is 10.8. The van der Waals surface area contributed by atoms with Crippen molar-refractivity contribution in [3.63, 3.8) is 0 Å². The molecule has 1 aromatic heterocycles. The second kappa shape index (κ2) is 5.00. The number of hydrogen-bond donors (Lipinski definition) is 2. The van der Waals surface area contributed by atoms with Crippen LogP contribution >= 0.6 is 11.6 Å². The van der Waals surface area contributed by atoms with Gasteiger partial charge in [-0.1, -0.05) is 23.7 Å². The number of fused-ring (bicyclic) bond motifs is 1. The summed E-state index contributed by atoms with van der Waals surface area (Å²) in [5.74, 6) is -0.991. The highest BCUT2D eigenvalue weighted by atomic mass is 35.5. The number of benzene rings is 1. The predicted octanol–water partition coefficient (Wildman–Crippen LogP) is 2.27. The van der Waals surface area contributed by atoms with E-state index in [4.69, 9.17) is 22.4 Å². The summed E-state index contributed by atoms with van der Waals surface area (Å²) in [4.78, 5) is 10.8. The average molecular weight is 267 g/mol. The SMILES string of the molecule is CCn1cc(C[C@H](N)C(=O)O)c2cccc(Cl)c21. The Morgan fingerprint density at radius 1 is 1.56 bits per heavy atom. The molecule has 0 bridgehead atoms. The van der Waals surface area contributed by atoms with Gasteiger partial charge < -0.3 is 15.4 Å². The zero-order valence-electron chi connectivity index (χ0n) is 10.1. The highest BCUT2D eigenvalue weighted by Crippen LogP contribution is 2.28. The Morgan fingerprint density at radius 3 is 2.89 bits per heavy atom. The van der Waals surface area contributed by atoms with Gasteiger partial charge >= 0.3 is 5.97 Å². The minimum absolute atomic E-state index is 0.305. The highest BCUT2D eigenvalue weighted by molar-refractivity contribution is 6.35. The summed E-state index contributed by atoms with van der Waals surface area (Å²) in [6.07, 6.45) is 2.23. The van der Waals surface area contributed by atoms with Gasteiger partial charge in [-0.2, -0.15) is 0 Å². The Hall–Kier alpha value is -1.52. The summed E-state index contributed by atoms with van der Waals surface area (Å²) < 4.78 is 2.02. The molecule has 0 amide bonds. The topological polar surface area (TPSA) is 68.2 Å². The van der Waals surface area contributed by atoms with Crippen LogP contribution < -0.4 is 5.73 Å². The number of carboxylic acid groups (broad SMARTS) is 1. The third-order valence-corrected chi connectivity index (χ3v) is 3.33. The van der Waals surface area contributed by atoms with Gasteiger partial charge in [-0.25, -0.2) is 0 Å². The van der Waals surface area contributed by atoms with Crippen LogP contribution in [-0.2, 0) is 17.8 Å². The van der Waals surface area contributed by atoms with Crippen molar-refractivity contribution in [3.05, 3.63) is 35.0 Å². The molecule has 1 atom stereocenters. The van der Waals surface area contributed by atoms with Crippen LogP contribution in [0.4, 0.5) is 0 Å². The molecule has 1 aromatic carbocycles. The van der Waals surface area contributed by atoms with Crippen molar-refractivity contribution in [1.29, 1.82) is 0 Å². The summed E-state index contributed by atoms with van der Waals surface area (Å²) >= 11 is 6.18. The van der Waals surface area contributed by atoms with E-state index in [9.17, 15) is 4.79 Å². The van der Waals surface area contributed by atoms with Crippen LogP contribution in [0.25, 0.3) is 10.9 Å². The first-order valence-electron chi connectivity index (χ1n) is 5.79. The van der Waals surface area contributed by atoms with Crippen molar-refractivity contribution in [3.8, 4) is 0 Å². The Balaban J connectivity index is 2.52. The van der Waals surface area contributed by atoms with Crippen LogP contribution in [0.3, 0.4) is 0 Å². The smallest absolute Gasteiger partial charge is 0.320 e. The molecule has 5 heteroatoms. The van der Waals surface area contributed by atoms with Gasteiger partial charge in [0, 0.05) is 24.5 Å². The zero-order chi connectivity index (χ0) is 13.3. The van der Waals surface area contributed by atoms with Crippen LogP contribution in [0.5, 0.6) is 0 Å². The van der Waals surface area contributed by atoms with E-state index in [-0.39, 0.29) is 0 Å². The quantitative estimate of drug-likeness (QED) is 0.892. The number of aryl methyl sites for hydroxylation is 1. The summed E-state index contributed by atoms with van der Waals surface area (Å²) in [5.41, 5.74) is 7.45. The largest absolute Gasteiger partial charge is 0.480 e. The molecule has 0 saturated heterocycles. The van der Waals surface area contributed by atoms with Crippen molar-refractivity contribution in [2.45, 2.75) is 25.9 Å². The van der Waals surface area contributed by atoms with Crippen molar-refractivity contribution < 1.29 is 9.90 Å². The summed E-state index contributed by atoms with van der Waals surface area (Å²) in [6, 6.07) is 4.74. The molecule has 0 aliphatic carbocycles. The molecule has 3 N–H and O–H groups in total. The van der Waals surface area contributed by atoms with Gasteiger partial charge in [0.05, 0.1) is 10.5 Å². The zero-order valence-corrected chi connectivity index (χ0v) is 10.8. The monoisotopic (exact) mass is 266 g/mol. The number of carbonyl (C=O) groups is 1. The Kier molecular flexibility index (Phi) is 3.59. The van der Waals surface area contributed by atoms with Gasteiger partial charge in [-0.3, -0.25) is 4.79 Å². The average Bonchev–Trinajstić information content (AvgIpc) is 2.69. The van der Waals surface area contributed by atoms with Crippen molar-refractivity contribution in [2.75, 3.05) is 0 Å². The van der Waals surface area contributed by atoms with E-state index in [1.54, 1.807) is 0 Å². The molecule has 0 aliphatic heterocycles. The Morgan fingerprint density at radius 2 is 2.28 bits per heavy atom. The van der Waals surface area contributed by atoms with E-state index in [1.165, 1.54) is 0 Å². The van der Waals surface area contributed by atoms with Crippen LogP contribution in [0.1, 0.15) is 12.5 Å². The Bertz CT molecular complexity index is 592. The molecule has 0 saturated carbocycles. The van der Waals surface area contributed by atoms with E-state index in [2.05, 4.69) is 0 Å². The number of carboxylic acids is 1. The molecule has 0 spiro atoms. The van der Waals surface area contributed by atoms with E-state index < -0.39 is 12.0 Å². The molecule has 1 heterocycles. The molecule has 96 valence electrons. The highest BCUT2D eigenvalue weighted by Gasteiger charge is 2.17. The number of halogens is 1. The number of nitrogens with zero attached hydrogens (tertiary/aromatic N) is 1. The van der Waals surface area contributed by atoms with Gasteiger partial charge in [0.15, 0.2) is 0 Å². The Labute approximate surface area is 110 Å². The normalized spacial score (nSPS) is 12.8. The molecule has 0 fully saturated rings. The number of nitrogens with two attached hydrogens (primary N) is 1. The lowest BCUT2D eigenvalue weighted by atomic mass is 10.1. The lowest BCUT2D eigenvalue weighted by Crippen LogP contribution is -2.32. The second-order valence-electron chi connectivity index (χ2n) is 4.23. The fourth-order valence-electron chi connectivity index (χ4n) is 2.12. The number of aliphatic carboxylic acids is 1. The van der Waals surface area contributed by atoms with Crippen molar-refractivity contribution in [1.82, 2.24) is 4.57 Å². The van der Waals surface area contributed by atoms with Crippen molar-refractivity contribution in [2.24, 2.45) is 5.73 Å². The fraction of sp³-hybridized carbons (Fsp3) is 0.308. The van der Waals surface area contributed by atoms with Crippen molar-refractivity contribution >= 4 is 28.5 Å². The summed E-state index contributed by atoms with van der Waals surface area (Å²) in [6.45, 7) is 2.80. The number of hydrogen-bond acceptors (Lipinski definition) is 2. The number of para-hydroxylation sites is 1. The lowest BCUT2D eigenvalue weighted by molar-refractivity contribution is -0.138. The van der Waals surface area contributed by atoms with Gasteiger partial charge in [0.2, 0.25) is 0 Å². The second-order valence-corrected chi connectivity index (χ2v) is 4.63. The van der Waals surface area contributed by atoms with Gasteiger partial charge in [-0.05, 0) is 18.6 Å². The molecule has 2 rings (SSSR count). The van der Waals surface area contributed by atoms with Gasteiger partial charge in [0.25, 0.3) is 0 Å². The van der Waals surface area contributed by atoms with E-state index in [0.717, 1.165) is 23.0 Å². The molecule has 18 heavy (non-hydrogen) atoms. The maximum absolute atomic E-state index is 10.8. The lowest BCUT2D eigenvalue weighted by Gasteiger charge is -2.04. The minimum atomic E-state index is -0.991. The van der Waals surface area contributed by atoms with E-state index in [0.29, 0.717) is 11.4 Å². The predicted molar refractivity (Wildman–Crippen MR) is 71.9 cm³/mol. The molecular formula is C13H15ClN2O2. The summed E-state index contributed by atoms with van der Waals surface area (Å²) in [5, 5.41) is 10.5.